The normalized spacial score (nSPS) is 19.0. The second kappa shape index (κ2) is 7.84. The minimum Gasteiger partial charge on any atom is -0.368 e. The van der Waals surface area contributed by atoms with E-state index in [2.05, 4.69) is 31.3 Å². The summed E-state index contributed by atoms with van der Waals surface area (Å²) < 4.78 is 0. The molecule has 0 fully saturated rings. The summed E-state index contributed by atoms with van der Waals surface area (Å²) in [5.74, 6) is 1.24. The van der Waals surface area contributed by atoms with E-state index in [0.717, 1.165) is 28.0 Å². The Hall–Kier alpha value is -4.01. The van der Waals surface area contributed by atoms with Gasteiger partial charge in [0.15, 0.2) is 11.5 Å². The quantitative estimate of drug-likeness (QED) is 0.568. The van der Waals surface area contributed by atoms with Gasteiger partial charge in [0.05, 0.1) is 24.1 Å². The van der Waals surface area contributed by atoms with Gasteiger partial charge in [-0.3, -0.25) is 14.7 Å². The summed E-state index contributed by atoms with van der Waals surface area (Å²) in [7, 11) is 0. The Morgan fingerprint density at radius 1 is 1.21 bits per heavy atom. The number of anilines is 3. The maximum atomic E-state index is 13.9. The average Bonchev–Trinajstić information content (AvgIpc) is 3.23. The first-order chi connectivity index (χ1) is 15.8. The number of amidine groups is 1. The number of nitrogens with zero attached hydrogens (tertiary/aromatic N) is 5. The highest BCUT2D eigenvalue weighted by atomic mass is 16.2. The number of aryl methyl sites for hydroxylation is 2. The molecule has 0 saturated carbocycles. The molecule has 2 aromatic heterocycles. The van der Waals surface area contributed by atoms with Crippen molar-refractivity contribution < 1.29 is 4.79 Å². The van der Waals surface area contributed by atoms with Gasteiger partial charge in [0.1, 0.15) is 11.4 Å². The minimum absolute atomic E-state index is 0.0354. The first kappa shape index (κ1) is 20.9. The van der Waals surface area contributed by atoms with E-state index in [1.807, 2.05) is 52.0 Å². The number of aromatic amines is 1. The Morgan fingerprint density at radius 3 is 2.73 bits per heavy atom. The largest absolute Gasteiger partial charge is 0.368 e. The Labute approximate surface area is 191 Å². The lowest BCUT2D eigenvalue weighted by molar-refractivity contribution is -0.114. The number of allylic oxidation sites excluding steroid dienone is 2. The van der Waals surface area contributed by atoms with E-state index in [-0.39, 0.29) is 23.9 Å². The number of nitrogen functional groups attached to an aromatic ring is 1. The third kappa shape index (κ3) is 3.45. The van der Waals surface area contributed by atoms with Gasteiger partial charge in [-0.2, -0.15) is 9.97 Å². The maximum Gasteiger partial charge on any atom is 0.262 e. The van der Waals surface area contributed by atoms with Crippen molar-refractivity contribution in [3.63, 3.8) is 0 Å². The summed E-state index contributed by atoms with van der Waals surface area (Å²) in [6.45, 7) is 7.96. The smallest absolute Gasteiger partial charge is 0.262 e. The Morgan fingerprint density at radius 2 is 1.97 bits per heavy atom. The molecular formula is C24H26N8O. The van der Waals surface area contributed by atoms with Crippen molar-refractivity contribution in [3.8, 4) is 0 Å². The average molecular weight is 443 g/mol. The number of amides is 1. The van der Waals surface area contributed by atoms with Gasteiger partial charge in [0, 0.05) is 5.57 Å². The highest BCUT2D eigenvalue weighted by Crippen LogP contribution is 2.35. The third-order valence-corrected chi connectivity index (χ3v) is 6.14. The molecule has 0 spiro atoms. The summed E-state index contributed by atoms with van der Waals surface area (Å²) in [6, 6.07) is 5.47. The number of aliphatic imine (C=N–C) groups is 1. The van der Waals surface area contributed by atoms with Gasteiger partial charge in [-0.05, 0) is 50.8 Å². The molecule has 1 aliphatic heterocycles. The second-order valence-corrected chi connectivity index (χ2v) is 8.52. The van der Waals surface area contributed by atoms with Crippen LogP contribution in [0.1, 0.15) is 31.4 Å². The number of nitrogens with two attached hydrogens (primary N) is 1. The van der Waals surface area contributed by atoms with E-state index in [4.69, 9.17) is 10.7 Å². The van der Waals surface area contributed by atoms with Gasteiger partial charge in [-0.1, -0.05) is 30.4 Å². The number of para-hydroxylation sites is 1. The zero-order chi connectivity index (χ0) is 23.3. The first-order valence-corrected chi connectivity index (χ1v) is 10.9. The second-order valence-electron chi connectivity index (χ2n) is 8.52. The van der Waals surface area contributed by atoms with Crippen LogP contribution < -0.4 is 16.0 Å². The predicted octanol–water partition coefficient (Wildman–Crippen LogP) is 3.44. The Balaban J connectivity index is 1.63. The fraction of sp³-hybridized carbons (Fsp3) is 0.292. The van der Waals surface area contributed by atoms with Crippen molar-refractivity contribution in [1.82, 2.24) is 19.9 Å². The summed E-state index contributed by atoms with van der Waals surface area (Å²) in [5, 5.41) is 3.39. The fourth-order valence-corrected chi connectivity index (χ4v) is 4.62. The topological polar surface area (TPSA) is 125 Å². The molecule has 1 amide bonds. The lowest BCUT2D eigenvalue weighted by Gasteiger charge is -2.38. The summed E-state index contributed by atoms with van der Waals surface area (Å²) in [4.78, 5) is 36.5. The van der Waals surface area contributed by atoms with Crippen LogP contribution in [-0.4, -0.2) is 43.8 Å². The molecule has 168 valence electrons. The van der Waals surface area contributed by atoms with Gasteiger partial charge < -0.3 is 16.0 Å². The number of nitrogens with one attached hydrogen (secondary N) is 2. The molecule has 0 radical (unpaired) electrons. The van der Waals surface area contributed by atoms with Gasteiger partial charge >= 0.3 is 0 Å². The van der Waals surface area contributed by atoms with Gasteiger partial charge in [0.2, 0.25) is 5.95 Å². The van der Waals surface area contributed by atoms with Crippen molar-refractivity contribution >= 4 is 40.4 Å². The van der Waals surface area contributed by atoms with Gasteiger partial charge in [-0.15, -0.1) is 0 Å². The summed E-state index contributed by atoms with van der Waals surface area (Å²) in [6.07, 6.45) is 6.32. The van der Waals surface area contributed by atoms with E-state index in [0.29, 0.717) is 29.2 Å². The summed E-state index contributed by atoms with van der Waals surface area (Å²) >= 11 is 0. The molecule has 3 heterocycles. The van der Waals surface area contributed by atoms with Crippen LogP contribution in [0.15, 0.2) is 52.8 Å². The van der Waals surface area contributed by atoms with Crippen LogP contribution in [0.3, 0.4) is 0 Å². The molecule has 1 aromatic carbocycles. The molecule has 5 rings (SSSR count). The highest BCUT2D eigenvalue weighted by Gasteiger charge is 2.39. The molecule has 9 nitrogen and oxygen atoms in total. The highest BCUT2D eigenvalue weighted by molar-refractivity contribution is 6.27. The maximum absolute atomic E-state index is 13.9. The number of imidazole rings is 1. The lowest BCUT2D eigenvalue weighted by atomic mass is 9.90. The summed E-state index contributed by atoms with van der Waals surface area (Å²) in [5.41, 5.74) is 11.6. The molecule has 2 unspecified atom stereocenters. The third-order valence-electron chi connectivity index (χ3n) is 6.14. The van der Waals surface area contributed by atoms with E-state index in [1.165, 1.54) is 0 Å². The molecule has 0 bridgehead atoms. The van der Waals surface area contributed by atoms with Crippen molar-refractivity contribution in [2.45, 2.75) is 46.2 Å². The molecule has 1 aliphatic carbocycles. The zero-order valence-corrected chi connectivity index (χ0v) is 19.0. The molecular weight excluding hydrogens is 416 g/mol. The minimum atomic E-state index is -0.346. The number of fused-ring (bicyclic) bond motifs is 2. The Kier molecular flexibility index (Phi) is 4.96. The van der Waals surface area contributed by atoms with Gasteiger partial charge in [-0.25, -0.2) is 4.98 Å². The van der Waals surface area contributed by atoms with Crippen LogP contribution in [0.5, 0.6) is 0 Å². The van der Waals surface area contributed by atoms with Crippen molar-refractivity contribution in [1.29, 1.82) is 0 Å². The lowest BCUT2D eigenvalue weighted by Crippen LogP contribution is -2.52. The van der Waals surface area contributed by atoms with Crippen LogP contribution in [0.2, 0.25) is 0 Å². The van der Waals surface area contributed by atoms with Crippen LogP contribution in [-0.2, 0) is 4.79 Å². The molecule has 2 atom stereocenters. The number of hydrogen-bond donors (Lipinski definition) is 3. The van der Waals surface area contributed by atoms with E-state index in [1.54, 1.807) is 11.2 Å². The zero-order valence-electron chi connectivity index (χ0n) is 19.0. The molecule has 33 heavy (non-hydrogen) atoms. The van der Waals surface area contributed by atoms with E-state index >= 15 is 0 Å². The number of benzene rings is 1. The van der Waals surface area contributed by atoms with Crippen LogP contribution in [0.4, 0.5) is 17.5 Å². The van der Waals surface area contributed by atoms with Crippen molar-refractivity contribution in [2.75, 3.05) is 16.0 Å². The first-order valence-electron chi connectivity index (χ1n) is 10.9. The molecule has 3 aromatic rings. The predicted molar refractivity (Wildman–Crippen MR) is 130 cm³/mol. The molecule has 4 N–H and O–H groups in total. The Bertz CT molecular complexity index is 1350. The van der Waals surface area contributed by atoms with Crippen LogP contribution in [0.25, 0.3) is 11.2 Å². The monoisotopic (exact) mass is 442 g/mol. The number of carbonyl (C=O) groups is 1. The number of H-pyrrole nitrogens is 1. The van der Waals surface area contributed by atoms with Crippen LogP contribution in [0, 0.1) is 13.8 Å². The SMILES string of the molecule is CC1=C2C(=O)N(c3c(C)cccc3C)C(C(C)Nc3nc(N)nc4nc[nH]c34)=NC2CC=C1. The fourth-order valence-electron chi connectivity index (χ4n) is 4.62. The van der Waals surface area contributed by atoms with Crippen molar-refractivity contribution in [2.24, 2.45) is 4.99 Å². The van der Waals surface area contributed by atoms with Crippen LogP contribution >= 0.6 is 0 Å². The van der Waals surface area contributed by atoms with Crippen molar-refractivity contribution in [3.05, 3.63) is 59.0 Å². The molecule has 2 aliphatic rings. The van der Waals surface area contributed by atoms with E-state index < -0.39 is 0 Å². The number of carbonyl (C=O) groups excluding carboxylic acids is 1. The number of aromatic nitrogens is 4. The number of rotatable bonds is 4. The van der Waals surface area contributed by atoms with Gasteiger partial charge in [0.25, 0.3) is 5.91 Å². The molecule has 0 saturated heterocycles. The molecule has 9 heteroatoms. The number of hydrogen-bond acceptors (Lipinski definition) is 7. The van der Waals surface area contributed by atoms with E-state index in [9.17, 15) is 4.79 Å². The standard InChI is InChI=1S/C24H26N8O/c1-12-7-6-10-16-17(12)23(33)32(19-13(2)8-5-9-14(19)3)22(29-16)15(4)28-21-18-20(27-11-26-18)30-24(25)31-21/h5-9,11,15-16H,10H2,1-4H3,(H4,25,26,27,28,30,31).